The van der Waals surface area contributed by atoms with E-state index in [2.05, 4.69) is 9.98 Å². The molecule has 2 N–H and O–H groups in total. The molecule has 0 fully saturated rings. The molecule has 3 rings (SSSR count). The minimum atomic E-state index is -0.297. The molecule has 0 spiro atoms. The van der Waals surface area contributed by atoms with Gasteiger partial charge in [0, 0.05) is 23.8 Å². The number of aryl methyl sites for hydroxylation is 1. The van der Waals surface area contributed by atoms with Crippen LogP contribution in [0.5, 0.6) is 5.75 Å². The number of hydrogen-bond donors (Lipinski definition) is 1. The number of ether oxygens (including phenoxy) is 1. The van der Waals surface area contributed by atoms with Crippen molar-refractivity contribution in [3.05, 3.63) is 64.0 Å². The van der Waals surface area contributed by atoms with Crippen molar-refractivity contribution in [2.24, 2.45) is 10.7 Å². The summed E-state index contributed by atoms with van der Waals surface area (Å²) in [7, 11) is 0. The van der Waals surface area contributed by atoms with Crippen molar-refractivity contribution < 1.29 is 9.53 Å². The van der Waals surface area contributed by atoms with Crippen LogP contribution in [0.1, 0.15) is 29.4 Å². The summed E-state index contributed by atoms with van der Waals surface area (Å²) < 4.78 is 7.57. The summed E-state index contributed by atoms with van der Waals surface area (Å²) in [6.45, 7) is 5.74. The van der Waals surface area contributed by atoms with E-state index in [0.29, 0.717) is 30.1 Å². The fourth-order valence-electron chi connectivity index (χ4n) is 2.75. The Labute approximate surface area is 168 Å². The number of carbonyl (C=O) groups is 1. The molecule has 0 saturated heterocycles. The highest BCUT2D eigenvalue weighted by Crippen LogP contribution is 2.23. The van der Waals surface area contributed by atoms with Crippen LogP contribution >= 0.6 is 11.3 Å². The zero-order chi connectivity index (χ0) is 19.9. The van der Waals surface area contributed by atoms with Gasteiger partial charge in [0.15, 0.2) is 4.80 Å². The Balaban J connectivity index is 1.97. The number of nitrogens with two attached hydrogens (primary N) is 1. The number of nitrogens with zero attached hydrogens (tertiary/aromatic N) is 3. The minimum Gasteiger partial charge on any atom is -0.494 e. The molecule has 0 aliphatic carbocycles. The van der Waals surface area contributed by atoms with Crippen LogP contribution in [-0.4, -0.2) is 28.6 Å². The number of thiazole rings is 1. The van der Waals surface area contributed by atoms with E-state index >= 15 is 0 Å². The van der Waals surface area contributed by atoms with E-state index in [1.807, 2.05) is 54.1 Å². The van der Waals surface area contributed by atoms with Crippen LogP contribution in [0.25, 0.3) is 11.3 Å². The summed E-state index contributed by atoms with van der Waals surface area (Å²) in [6, 6.07) is 11.5. The Morgan fingerprint density at radius 3 is 2.68 bits per heavy atom. The lowest BCUT2D eigenvalue weighted by Crippen LogP contribution is -2.20. The lowest BCUT2D eigenvalue weighted by molar-refractivity contribution is 0.0997. The van der Waals surface area contributed by atoms with Crippen LogP contribution in [0.3, 0.4) is 0 Å². The van der Waals surface area contributed by atoms with Crippen molar-refractivity contribution in [1.29, 1.82) is 0 Å². The summed E-state index contributed by atoms with van der Waals surface area (Å²) in [6.07, 6.45) is 2.36. The lowest BCUT2D eigenvalue weighted by atomic mass is 10.1. The van der Waals surface area contributed by atoms with Crippen LogP contribution in [0, 0.1) is 6.92 Å². The number of amides is 1. The smallest absolute Gasteiger partial charge is 0.281 e. The zero-order valence-corrected chi connectivity index (χ0v) is 16.9. The highest BCUT2D eigenvalue weighted by molar-refractivity contribution is 7.07. The van der Waals surface area contributed by atoms with Gasteiger partial charge in [-0.1, -0.05) is 0 Å². The molecule has 2 heterocycles. The largest absolute Gasteiger partial charge is 0.494 e. The predicted octanol–water partition coefficient (Wildman–Crippen LogP) is 3.41. The molecule has 28 heavy (non-hydrogen) atoms. The van der Waals surface area contributed by atoms with Gasteiger partial charge >= 0.3 is 0 Å². The minimum absolute atomic E-state index is 0.297. The van der Waals surface area contributed by atoms with Crippen molar-refractivity contribution in [3.63, 3.8) is 0 Å². The summed E-state index contributed by atoms with van der Waals surface area (Å²) in [5.74, 6) is 0.538. The number of pyridine rings is 1. The Hall–Kier alpha value is -2.77. The van der Waals surface area contributed by atoms with Crippen LogP contribution in [0.2, 0.25) is 0 Å². The highest BCUT2D eigenvalue weighted by Gasteiger charge is 2.11. The van der Waals surface area contributed by atoms with E-state index < -0.39 is 0 Å². The lowest BCUT2D eigenvalue weighted by Gasteiger charge is -2.09. The molecule has 1 amide bonds. The Kier molecular flexibility index (Phi) is 6.73. The molecule has 2 aromatic heterocycles. The first-order valence-corrected chi connectivity index (χ1v) is 10.1. The number of benzene rings is 1. The summed E-state index contributed by atoms with van der Waals surface area (Å²) in [4.78, 5) is 21.7. The van der Waals surface area contributed by atoms with E-state index in [9.17, 15) is 4.79 Å². The molecule has 6 nitrogen and oxygen atoms in total. The van der Waals surface area contributed by atoms with Gasteiger partial charge in [-0.2, -0.15) is 4.99 Å². The van der Waals surface area contributed by atoms with Crippen molar-refractivity contribution in [1.82, 2.24) is 9.55 Å². The third-order valence-corrected chi connectivity index (χ3v) is 5.06. The molecule has 3 aromatic rings. The van der Waals surface area contributed by atoms with Gasteiger partial charge in [-0.15, -0.1) is 11.3 Å². The first kappa shape index (κ1) is 20.0. The standard InChI is InChI=1S/C21H24N4O2S/c1-3-27-18-9-7-16(8-10-18)19-14-28-21(25(19)12-4-11-22)24-20(26)17-6-5-15(2)23-13-17/h5-10,13-14H,3-4,11-12,22H2,1-2H3. The second-order valence-corrected chi connectivity index (χ2v) is 7.10. The van der Waals surface area contributed by atoms with Gasteiger partial charge in [0.05, 0.1) is 17.9 Å². The summed E-state index contributed by atoms with van der Waals surface area (Å²) in [5, 5.41) is 2.02. The number of rotatable bonds is 7. The molecule has 0 bridgehead atoms. The molecule has 0 unspecified atom stereocenters. The van der Waals surface area contributed by atoms with E-state index in [4.69, 9.17) is 10.5 Å². The summed E-state index contributed by atoms with van der Waals surface area (Å²) in [5.41, 5.74) is 9.11. The normalized spacial score (nSPS) is 11.6. The van der Waals surface area contributed by atoms with Gasteiger partial charge < -0.3 is 15.0 Å². The van der Waals surface area contributed by atoms with Crippen molar-refractivity contribution in [3.8, 4) is 17.0 Å². The molecule has 0 aliphatic heterocycles. The van der Waals surface area contributed by atoms with Gasteiger partial charge in [0.1, 0.15) is 5.75 Å². The molecule has 1 aromatic carbocycles. The highest BCUT2D eigenvalue weighted by atomic mass is 32.1. The van der Waals surface area contributed by atoms with Gasteiger partial charge in [-0.3, -0.25) is 9.78 Å². The van der Waals surface area contributed by atoms with E-state index in [1.165, 1.54) is 11.3 Å². The van der Waals surface area contributed by atoms with E-state index in [-0.39, 0.29) is 5.91 Å². The van der Waals surface area contributed by atoms with Crippen LogP contribution in [0.15, 0.2) is 53.0 Å². The van der Waals surface area contributed by atoms with Crippen molar-refractivity contribution >= 4 is 17.2 Å². The quantitative estimate of drug-likeness (QED) is 0.663. The molecule has 0 atom stereocenters. The van der Waals surface area contributed by atoms with Gasteiger partial charge in [-0.25, -0.2) is 0 Å². The van der Waals surface area contributed by atoms with E-state index in [0.717, 1.165) is 29.1 Å². The number of hydrogen-bond acceptors (Lipinski definition) is 5. The van der Waals surface area contributed by atoms with Crippen molar-refractivity contribution in [2.75, 3.05) is 13.2 Å². The predicted molar refractivity (Wildman–Crippen MR) is 111 cm³/mol. The maximum absolute atomic E-state index is 12.6. The first-order valence-electron chi connectivity index (χ1n) is 9.25. The average molecular weight is 397 g/mol. The fourth-order valence-corrected chi connectivity index (χ4v) is 3.68. The van der Waals surface area contributed by atoms with Crippen LogP contribution in [0.4, 0.5) is 0 Å². The molecular weight excluding hydrogens is 372 g/mol. The molecule has 0 saturated carbocycles. The first-order chi connectivity index (χ1) is 13.6. The molecule has 7 heteroatoms. The fraction of sp³-hybridized carbons (Fsp3) is 0.286. The van der Waals surface area contributed by atoms with E-state index in [1.54, 1.807) is 12.3 Å². The summed E-state index contributed by atoms with van der Waals surface area (Å²) >= 11 is 1.45. The number of carbonyl (C=O) groups excluding carboxylic acids is 1. The van der Waals surface area contributed by atoms with Crippen molar-refractivity contribution in [2.45, 2.75) is 26.8 Å². The third kappa shape index (κ3) is 4.74. The third-order valence-electron chi connectivity index (χ3n) is 4.20. The number of aromatic nitrogens is 2. The molecule has 0 aliphatic rings. The molecule has 146 valence electrons. The zero-order valence-electron chi connectivity index (χ0n) is 16.1. The second kappa shape index (κ2) is 9.43. The maximum atomic E-state index is 12.6. The monoisotopic (exact) mass is 396 g/mol. The van der Waals surface area contributed by atoms with Crippen LogP contribution < -0.4 is 15.3 Å². The Morgan fingerprint density at radius 1 is 1.25 bits per heavy atom. The topological polar surface area (TPSA) is 82.5 Å². The van der Waals surface area contributed by atoms with Gasteiger partial charge in [-0.05, 0) is 68.8 Å². The van der Waals surface area contributed by atoms with Crippen LogP contribution in [-0.2, 0) is 6.54 Å². The Morgan fingerprint density at radius 2 is 2.04 bits per heavy atom. The second-order valence-electron chi connectivity index (χ2n) is 6.26. The van der Waals surface area contributed by atoms with Gasteiger partial charge in [0.25, 0.3) is 5.91 Å². The SMILES string of the molecule is CCOc1ccc(-c2csc(=NC(=O)c3ccc(C)nc3)n2CCCN)cc1. The maximum Gasteiger partial charge on any atom is 0.281 e. The van der Waals surface area contributed by atoms with Gasteiger partial charge in [0.2, 0.25) is 0 Å². The molecule has 0 radical (unpaired) electrons. The molecular formula is C21H24N4O2S. The average Bonchev–Trinajstić information content (AvgIpc) is 3.10. The Bertz CT molecular complexity index is 988.